The first-order valence-corrected chi connectivity index (χ1v) is 7.29. The molecule has 0 aliphatic heterocycles. The first-order chi connectivity index (χ1) is 9.83. The molecule has 3 rings (SSSR count). The van der Waals surface area contributed by atoms with Crippen LogP contribution in [0.1, 0.15) is 38.0 Å². The van der Waals surface area contributed by atoms with Crippen molar-refractivity contribution in [3.05, 3.63) is 47.5 Å². The van der Waals surface area contributed by atoms with Crippen LogP contribution in [0.15, 0.2) is 30.3 Å². The van der Waals surface area contributed by atoms with E-state index in [4.69, 9.17) is 4.98 Å². The molecule has 0 aliphatic rings. The van der Waals surface area contributed by atoms with E-state index in [2.05, 4.69) is 68.0 Å². The molecule has 1 N–H and O–H groups in total. The van der Waals surface area contributed by atoms with Crippen LogP contribution in [0.4, 0.5) is 0 Å². The van der Waals surface area contributed by atoms with Crippen molar-refractivity contribution in [1.82, 2.24) is 15.0 Å². The average Bonchev–Trinajstić information content (AvgIpc) is 2.76. The largest absolute Gasteiger partial charge is 0.359 e. The standard InChI is InChI=1S/C18H21N3/c1-11-8-14-10-13(6-7-15(14)19-11)16-9-12(2)20-17(21-16)18(3,4)5/h6-10,19H,1-5H3. The highest BCUT2D eigenvalue weighted by atomic mass is 14.9. The maximum atomic E-state index is 4.77. The molecule has 3 heteroatoms. The Labute approximate surface area is 125 Å². The molecule has 0 unspecified atom stereocenters. The first-order valence-electron chi connectivity index (χ1n) is 7.29. The molecule has 0 atom stereocenters. The highest BCUT2D eigenvalue weighted by Crippen LogP contribution is 2.26. The maximum absolute atomic E-state index is 4.77. The summed E-state index contributed by atoms with van der Waals surface area (Å²) in [4.78, 5) is 12.7. The Kier molecular flexibility index (Phi) is 3.08. The summed E-state index contributed by atoms with van der Waals surface area (Å²) in [7, 11) is 0. The van der Waals surface area contributed by atoms with E-state index in [-0.39, 0.29) is 5.41 Å². The van der Waals surface area contributed by atoms with Crippen LogP contribution in [0.3, 0.4) is 0 Å². The molecule has 0 aliphatic carbocycles. The molecule has 2 heterocycles. The molecular weight excluding hydrogens is 258 g/mol. The molecule has 1 aromatic carbocycles. The first kappa shape index (κ1) is 13.8. The number of aryl methyl sites for hydroxylation is 2. The van der Waals surface area contributed by atoms with Gasteiger partial charge in [0.15, 0.2) is 0 Å². The average molecular weight is 279 g/mol. The number of H-pyrrole nitrogens is 1. The number of nitrogens with one attached hydrogen (secondary N) is 1. The molecule has 0 fully saturated rings. The minimum Gasteiger partial charge on any atom is -0.359 e. The van der Waals surface area contributed by atoms with Gasteiger partial charge in [0.05, 0.1) is 5.69 Å². The summed E-state index contributed by atoms with van der Waals surface area (Å²) >= 11 is 0. The quantitative estimate of drug-likeness (QED) is 0.710. The summed E-state index contributed by atoms with van der Waals surface area (Å²) in [6, 6.07) is 10.6. The van der Waals surface area contributed by atoms with Gasteiger partial charge in [-0.15, -0.1) is 0 Å². The van der Waals surface area contributed by atoms with E-state index in [1.165, 1.54) is 11.1 Å². The van der Waals surface area contributed by atoms with Crippen molar-refractivity contribution in [3.8, 4) is 11.3 Å². The van der Waals surface area contributed by atoms with Crippen LogP contribution in [-0.4, -0.2) is 15.0 Å². The Morgan fingerprint density at radius 2 is 1.71 bits per heavy atom. The van der Waals surface area contributed by atoms with E-state index in [1.54, 1.807) is 0 Å². The normalized spacial score (nSPS) is 12.0. The Morgan fingerprint density at radius 3 is 2.43 bits per heavy atom. The fourth-order valence-electron chi connectivity index (χ4n) is 2.49. The van der Waals surface area contributed by atoms with E-state index in [1.807, 2.05) is 6.92 Å². The van der Waals surface area contributed by atoms with Crippen LogP contribution in [0, 0.1) is 13.8 Å². The summed E-state index contributed by atoms with van der Waals surface area (Å²) in [5, 5.41) is 1.22. The number of rotatable bonds is 1. The fraction of sp³-hybridized carbons (Fsp3) is 0.333. The molecule has 3 aromatic rings. The molecule has 0 spiro atoms. The van der Waals surface area contributed by atoms with Crippen LogP contribution in [0.2, 0.25) is 0 Å². The van der Waals surface area contributed by atoms with E-state index in [0.717, 1.165) is 28.3 Å². The van der Waals surface area contributed by atoms with Gasteiger partial charge in [0.2, 0.25) is 0 Å². The summed E-state index contributed by atoms with van der Waals surface area (Å²) in [5.41, 5.74) is 5.44. The number of hydrogen-bond acceptors (Lipinski definition) is 2. The van der Waals surface area contributed by atoms with Crippen molar-refractivity contribution in [3.63, 3.8) is 0 Å². The van der Waals surface area contributed by atoms with Gasteiger partial charge < -0.3 is 4.98 Å². The van der Waals surface area contributed by atoms with Crippen molar-refractivity contribution in [2.45, 2.75) is 40.0 Å². The third-order valence-corrected chi connectivity index (χ3v) is 3.58. The smallest absolute Gasteiger partial charge is 0.134 e. The van der Waals surface area contributed by atoms with Crippen LogP contribution < -0.4 is 0 Å². The molecule has 0 saturated carbocycles. The van der Waals surface area contributed by atoms with Crippen LogP contribution >= 0.6 is 0 Å². The van der Waals surface area contributed by atoms with Gasteiger partial charge in [-0.3, -0.25) is 0 Å². The zero-order valence-electron chi connectivity index (χ0n) is 13.3. The second-order valence-corrected chi connectivity index (χ2v) is 6.72. The Balaban J connectivity index is 2.15. The number of aromatic nitrogens is 3. The zero-order valence-corrected chi connectivity index (χ0v) is 13.3. The van der Waals surface area contributed by atoms with Crippen LogP contribution in [-0.2, 0) is 5.41 Å². The monoisotopic (exact) mass is 279 g/mol. The van der Waals surface area contributed by atoms with Gasteiger partial charge in [0.1, 0.15) is 5.82 Å². The lowest BCUT2D eigenvalue weighted by atomic mass is 9.95. The summed E-state index contributed by atoms with van der Waals surface area (Å²) in [6.45, 7) is 10.5. The molecule has 2 aromatic heterocycles. The van der Waals surface area contributed by atoms with Gasteiger partial charge in [-0.1, -0.05) is 26.8 Å². The third-order valence-electron chi connectivity index (χ3n) is 3.58. The van der Waals surface area contributed by atoms with Gasteiger partial charge in [-0.05, 0) is 38.1 Å². The predicted molar refractivity (Wildman–Crippen MR) is 87.5 cm³/mol. The maximum Gasteiger partial charge on any atom is 0.134 e. The molecular formula is C18H21N3. The molecule has 108 valence electrons. The molecule has 21 heavy (non-hydrogen) atoms. The van der Waals surface area contributed by atoms with E-state index in [0.29, 0.717) is 0 Å². The lowest BCUT2D eigenvalue weighted by molar-refractivity contribution is 0.544. The van der Waals surface area contributed by atoms with E-state index < -0.39 is 0 Å². The summed E-state index contributed by atoms with van der Waals surface area (Å²) < 4.78 is 0. The van der Waals surface area contributed by atoms with Gasteiger partial charge in [-0.2, -0.15) is 0 Å². The van der Waals surface area contributed by atoms with Gasteiger partial charge >= 0.3 is 0 Å². The summed E-state index contributed by atoms with van der Waals surface area (Å²) in [6.07, 6.45) is 0. The molecule has 0 amide bonds. The highest BCUT2D eigenvalue weighted by molar-refractivity contribution is 5.85. The number of aromatic amines is 1. The summed E-state index contributed by atoms with van der Waals surface area (Å²) in [5.74, 6) is 0.892. The van der Waals surface area contributed by atoms with Crippen molar-refractivity contribution in [2.24, 2.45) is 0 Å². The number of nitrogens with zero attached hydrogens (tertiary/aromatic N) is 2. The second kappa shape index (κ2) is 4.69. The third kappa shape index (κ3) is 2.68. The molecule has 3 nitrogen and oxygen atoms in total. The number of fused-ring (bicyclic) bond motifs is 1. The number of hydrogen-bond donors (Lipinski definition) is 1. The fourth-order valence-corrected chi connectivity index (χ4v) is 2.49. The SMILES string of the molecule is Cc1cc(-c2ccc3[nH]c(C)cc3c2)nc(C(C)(C)C)n1. The lowest BCUT2D eigenvalue weighted by Crippen LogP contribution is -2.17. The Bertz CT molecular complexity index is 807. The van der Waals surface area contributed by atoms with Crippen molar-refractivity contribution in [2.75, 3.05) is 0 Å². The minimum absolute atomic E-state index is 0.0461. The van der Waals surface area contributed by atoms with E-state index >= 15 is 0 Å². The van der Waals surface area contributed by atoms with Crippen molar-refractivity contribution >= 4 is 10.9 Å². The Morgan fingerprint density at radius 1 is 0.952 bits per heavy atom. The minimum atomic E-state index is -0.0461. The number of benzene rings is 1. The second-order valence-electron chi connectivity index (χ2n) is 6.72. The Hall–Kier alpha value is -2.16. The zero-order chi connectivity index (χ0) is 15.2. The molecule has 0 radical (unpaired) electrons. The molecule has 0 bridgehead atoms. The van der Waals surface area contributed by atoms with Crippen LogP contribution in [0.25, 0.3) is 22.2 Å². The van der Waals surface area contributed by atoms with Gasteiger partial charge in [0.25, 0.3) is 0 Å². The highest BCUT2D eigenvalue weighted by Gasteiger charge is 2.18. The van der Waals surface area contributed by atoms with Gasteiger partial charge in [0, 0.05) is 33.3 Å². The van der Waals surface area contributed by atoms with Crippen LogP contribution in [0.5, 0.6) is 0 Å². The topological polar surface area (TPSA) is 41.6 Å². The lowest BCUT2D eigenvalue weighted by Gasteiger charge is -2.18. The van der Waals surface area contributed by atoms with Crippen molar-refractivity contribution < 1.29 is 0 Å². The molecule has 0 saturated heterocycles. The van der Waals surface area contributed by atoms with Gasteiger partial charge in [-0.25, -0.2) is 9.97 Å². The predicted octanol–water partition coefficient (Wildman–Crippen LogP) is 4.54. The van der Waals surface area contributed by atoms with Crippen molar-refractivity contribution in [1.29, 1.82) is 0 Å². The van der Waals surface area contributed by atoms with E-state index in [9.17, 15) is 0 Å².